The maximum atomic E-state index is 12.0. The van der Waals surface area contributed by atoms with Gasteiger partial charge in [-0.05, 0) is 37.9 Å². The number of carbonyl (C=O) groups is 1. The zero-order valence-corrected chi connectivity index (χ0v) is 12.2. The lowest BCUT2D eigenvalue weighted by Gasteiger charge is -2.17. The van der Waals surface area contributed by atoms with Gasteiger partial charge in [0.05, 0.1) is 19.1 Å². The van der Waals surface area contributed by atoms with Crippen molar-refractivity contribution in [2.45, 2.75) is 32.2 Å². The predicted octanol–water partition coefficient (Wildman–Crippen LogP) is 2.20. The summed E-state index contributed by atoms with van der Waals surface area (Å²) in [5.74, 6) is 0.650. The van der Waals surface area contributed by atoms with Crippen LogP contribution in [0.4, 0.5) is 0 Å². The van der Waals surface area contributed by atoms with E-state index in [1.54, 1.807) is 7.11 Å². The minimum absolute atomic E-state index is 0.0531. The van der Waals surface area contributed by atoms with Gasteiger partial charge in [0.25, 0.3) is 0 Å². The van der Waals surface area contributed by atoms with Crippen molar-refractivity contribution < 1.29 is 9.53 Å². The van der Waals surface area contributed by atoms with Gasteiger partial charge in [-0.25, -0.2) is 0 Å². The average molecular weight is 286 g/mol. The number of hydrogen-bond donors (Lipinski definition) is 2. The number of thiazole rings is 1. The Bertz CT molecular complexity index is 477. The second-order valence-electron chi connectivity index (χ2n) is 4.71. The summed E-state index contributed by atoms with van der Waals surface area (Å²) < 4.78 is 5.88. The minimum Gasteiger partial charge on any atom is -0.383 e. The van der Waals surface area contributed by atoms with Crippen LogP contribution in [0.25, 0.3) is 0 Å². The Morgan fingerprint density at radius 2 is 2.39 bits per heavy atom. The highest BCUT2D eigenvalue weighted by atomic mass is 32.1. The number of carbonyl (C=O) groups excluding carboxylic acids is 1. The molecule has 0 aromatic carbocycles. The SMILES string of the molecule is COC[C@@H](NC(=O)Cc1sc(=S)[nH]c1C)C1CC1. The second kappa shape index (κ2) is 5.95. The summed E-state index contributed by atoms with van der Waals surface area (Å²) in [5.41, 5.74) is 0.995. The van der Waals surface area contributed by atoms with Crippen molar-refractivity contribution in [3.8, 4) is 0 Å². The van der Waals surface area contributed by atoms with E-state index in [1.165, 1.54) is 24.2 Å². The molecule has 2 N–H and O–H groups in total. The lowest BCUT2D eigenvalue weighted by atomic mass is 10.2. The number of ether oxygens (including phenoxy) is 1. The fourth-order valence-corrected chi connectivity index (χ4v) is 3.27. The minimum atomic E-state index is 0.0531. The molecule has 0 spiro atoms. The highest BCUT2D eigenvalue weighted by Crippen LogP contribution is 2.32. The van der Waals surface area contributed by atoms with Gasteiger partial charge in [0.15, 0.2) is 3.95 Å². The molecule has 1 aromatic rings. The van der Waals surface area contributed by atoms with Crippen molar-refractivity contribution in [2.24, 2.45) is 5.92 Å². The Hall–Kier alpha value is -0.720. The van der Waals surface area contributed by atoms with Crippen LogP contribution in [0.15, 0.2) is 0 Å². The lowest BCUT2D eigenvalue weighted by molar-refractivity contribution is -0.121. The number of amides is 1. The summed E-state index contributed by atoms with van der Waals surface area (Å²) >= 11 is 6.54. The average Bonchev–Trinajstić information content (AvgIpc) is 3.06. The van der Waals surface area contributed by atoms with Crippen LogP contribution in [-0.2, 0) is 16.0 Å². The quantitative estimate of drug-likeness (QED) is 0.788. The van der Waals surface area contributed by atoms with Crippen LogP contribution >= 0.6 is 23.6 Å². The number of aryl methyl sites for hydroxylation is 1. The molecule has 0 saturated heterocycles. The van der Waals surface area contributed by atoms with Gasteiger partial charge in [-0.3, -0.25) is 4.79 Å². The van der Waals surface area contributed by atoms with Crippen molar-refractivity contribution in [1.29, 1.82) is 0 Å². The molecule has 1 heterocycles. The summed E-state index contributed by atoms with van der Waals surface area (Å²) in [4.78, 5) is 16.1. The van der Waals surface area contributed by atoms with Crippen molar-refractivity contribution in [3.63, 3.8) is 0 Å². The summed E-state index contributed by atoms with van der Waals surface area (Å²) in [6.07, 6.45) is 2.78. The normalized spacial score (nSPS) is 16.6. The molecule has 1 saturated carbocycles. The molecule has 1 aliphatic carbocycles. The van der Waals surface area contributed by atoms with Crippen molar-refractivity contribution in [2.75, 3.05) is 13.7 Å². The smallest absolute Gasteiger partial charge is 0.225 e. The number of H-pyrrole nitrogens is 1. The van der Waals surface area contributed by atoms with Gasteiger partial charge in [0.2, 0.25) is 5.91 Å². The molecular weight excluding hydrogens is 268 g/mol. The summed E-state index contributed by atoms with van der Waals surface area (Å²) in [5, 5.41) is 3.06. The number of aromatic nitrogens is 1. The molecule has 0 unspecified atom stereocenters. The Labute approximate surface area is 116 Å². The summed E-state index contributed by atoms with van der Waals surface area (Å²) in [7, 11) is 1.67. The maximum absolute atomic E-state index is 12.0. The topological polar surface area (TPSA) is 54.1 Å². The van der Waals surface area contributed by atoms with E-state index in [0.29, 0.717) is 18.9 Å². The Balaban J connectivity index is 1.91. The van der Waals surface area contributed by atoms with E-state index < -0.39 is 0 Å². The molecular formula is C12H18N2O2S2. The molecule has 6 heteroatoms. The van der Waals surface area contributed by atoms with E-state index in [2.05, 4.69) is 10.3 Å². The number of methoxy groups -OCH3 is 1. The highest BCUT2D eigenvalue weighted by Gasteiger charge is 2.32. The van der Waals surface area contributed by atoms with Crippen molar-refractivity contribution in [1.82, 2.24) is 10.3 Å². The summed E-state index contributed by atoms with van der Waals surface area (Å²) in [6.45, 7) is 2.54. The van der Waals surface area contributed by atoms with Crippen LogP contribution in [0, 0.1) is 16.8 Å². The van der Waals surface area contributed by atoms with E-state index in [1.807, 2.05) is 6.92 Å². The van der Waals surface area contributed by atoms with E-state index in [4.69, 9.17) is 17.0 Å². The van der Waals surface area contributed by atoms with E-state index >= 15 is 0 Å². The van der Waals surface area contributed by atoms with Gasteiger partial charge in [0.1, 0.15) is 0 Å². The van der Waals surface area contributed by atoms with Gasteiger partial charge >= 0.3 is 0 Å². The largest absolute Gasteiger partial charge is 0.383 e. The van der Waals surface area contributed by atoms with Gasteiger partial charge in [-0.2, -0.15) is 0 Å². The maximum Gasteiger partial charge on any atom is 0.225 e. The van der Waals surface area contributed by atoms with E-state index in [0.717, 1.165) is 14.5 Å². The lowest BCUT2D eigenvalue weighted by Crippen LogP contribution is -2.40. The van der Waals surface area contributed by atoms with Crippen LogP contribution in [0.3, 0.4) is 0 Å². The monoisotopic (exact) mass is 286 g/mol. The zero-order valence-electron chi connectivity index (χ0n) is 10.6. The number of nitrogens with one attached hydrogen (secondary N) is 2. The molecule has 1 amide bonds. The first kappa shape index (κ1) is 13.7. The molecule has 1 atom stereocenters. The Morgan fingerprint density at radius 1 is 1.67 bits per heavy atom. The first-order valence-corrected chi connectivity index (χ1v) is 7.29. The Morgan fingerprint density at radius 3 is 2.89 bits per heavy atom. The zero-order chi connectivity index (χ0) is 13.1. The number of rotatable bonds is 6. The van der Waals surface area contributed by atoms with Crippen LogP contribution in [0.1, 0.15) is 23.4 Å². The molecule has 4 nitrogen and oxygen atoms in total. The van der Waals surface area contributed by atoms with E-state index in [9.17, 15) is 4.79 Å². The first-order valence-electron chi connectivity index (χ1n) is 6.07. The first-order chi connectivity index (χ1) is 8.60. The van der Waals surface area contributed by atoms with Gasteiger partial charge < -0.3 is 15.0 Å². The Kier molecular flexibility index (Phi) is 4.53. The van der Waals surface area contributed by atoms with Crippen LogP contribution in [0.5, 0.6) is 0 Å². The molecule has 0 radical (unpaired) electrons. The molecule has 100 valence electrons. The standard InChI is InChI=1S/C12H18N2O2S2/c1-7-10(18-12(17)13-7)5-11(15)14-9(6-16-2)8-3-4-8/h8-9H,3-6H2,1-2H3,(H,13,17)(H,14,15)/t9-/m1/s1. The molecule has 0 aliphatic heterocycles. The van der Waals surface area contributed by atoms with Crippen LogP contribution in [-0.4, -0.2) is 30.6 Å². The van der Waals surface area contributed by atoms with Gasteiger partial charge in [0, 0.05) is 17.7 Å². The molecule has 0 bridgehead atoms. The number of aromatic amines is 1. The van der Waals surface area contributed by atoms with Crippen molar-refractivity contribution >= 4 is 29.5 Å². The third-order valence-corrected chi connectivity index (χ3v) is 4.46. The third-order valence-electron chi connectivity index (χ3n) is 3.13. The molecule has 2 rings (SSSR count). The van der Waals surface area contributed by atoms with Crippen LogP contribution in [0.2, 0.25) is 0 Å². The fraction of sp³-hybridized carbons (Fsp3) is 0.667. The molecule has 1 fully saturated rings. The third kappa shape index (κ3) is 3.63. The van der Waals surface area contributed by atoms with Gasteiger partial charge in [-0.15, -0.1) is 11.3 Å². The second-order valence-corrected chi connectivity index (χ2v) is 6.48. The predicted molar refractivity (Wildman–Crippen MR) is 74.5 cm³/mol. The summed E-state index contributed by atoms with van der Waals surface area (Å²) in [6, 6.07) is 0.162. The van der Waals surface area contributed by atoms with Crippen LogP contribution < -0.4 is 5.32 Å². The number of hydrogen-bond acceptors (Lipinski definition) is 4. The molecule has 1 aromatic heterocycles. The fourth-order valence-electron chi connectivity index (χ4n) is 1.98. The van der Waals surface area contributed by atoms with E-state index in [-0.39, 0.29) is 11.9 Å². The van der Waals surface area contributed by atoms with Crippen molar-refractivity contribution in [3.05, 3.63) is 14.5 Å². The molecule has 1 aliphatic rings. The molecule has 18 heavy (non-hydrogen) atoms. The van der Waals surface area contributed by atoms with Gasteiger partial charge in [-0.1, -0.05) is 0 Å². The highest BCUT2D eigenvalue weighted by molar-refractivity contribution is 7.73.